The number of hydrogen-bond donors (Lipinski definition) is 1. The van der Waals surface area contributed by atoms with Crippen LogP contribution in [0.4, 0.5) is 0 Å². The Morgan fingerprint density at radius 2 is 1.72 bits per heavy atom. The molecule has 1 aromatic carbocycles. The Kier molecular flexibility index (Phi) is 4.21. The van der Waals surface area contributed by atoms with Crippen molar-refractivity contribution in [1.82, 2.24) is 18.2 Å². The molecule has 7 nitrogen and oxygen atoms in total. The highest BCUT2D eigenvalue weighted by atomic mass is 32.2. The summed E-state index contributed by atoms with van der Waals surface area (Å²) in [6.07, 6.45) is 2.25. The van der Waals surface area contributed by atoms with Gasteiger partial charge >= 0.3 is 5.69 Å². The minimum absolute atomic E-state index is 0.0348. The zero-order valence-corrected chi connectivity index (χ0v) is 15.2. The Morgan fingerprint density at radius 1 is 1.04 bits per heavy atom. The quantitative estimate of drug-likeness (QED) is 0.898. The maximum atomic E-state index is 12.8. The lowest BCUT2D eigenvalue weighted by Gasteiger charge is -2.34. The minimum Gasteiger partial charge on any atom is -0.306 e. The summed E-state index contributed by atoms with van der Waals surface area (Å²) in [7, 11) is -3.37. The van der Waals surface area contributed by atoms with Crippen molar-refractivity contribution in [3.8, 4) is 0 Å². The molecular weight excluding hydrogens is 340 g/mol. The van der Waals surface area contributed by atoms with E-state index in [1.165, 1.54) is 0 Å². The van der Waals surface area contributed by atoms with E-state index in [-0.39, 0.29) is 11.7 Å². The molecule has 2 saturated heterocycles. The van der Waals surface area contributed by atoms with Crippen LogP contribution in [0.5, 0.6) is 0 Å². The second-order valence-electron chi connectivity index (χ2n) is 7.21. The lowest BCUT2D eigenvalue weighted by Crippen LogP contribution is -2.47. The molecule has 0 radical (unpaired) electrons. The van der Waals surface area contributed by atoms with Crippen molar-refractivity contribution in [3.63, 3.8) is 0 Å². The summed E-state index contributed by atoms with van der Waals surface area (Å²) in [4.78, 5) is 15.2. The largest absolute Gasteiger partial charge is 0.326 e. The van der Waals surface area contributed by atoms with Gasteiger partial charge in [-0.2, -0.15) is 17.0 Å². The molecule has 1 unspecified atom stereocenters. The number of hydrogen-bond acceptors (Lipinski definition) is 3. The Labute approximate surface area is 147 Å². The summed E-state index contributed by atoms with van der Waals surface area (Å²) in [5, 5.41) is 0. The molecule has 0 saturated carbocycles. The molecule has 25 heavy (non-hydrogen) atoms. The van der Waals surface area contributed by atoms with Gasteiger partial charge in [-0.1, -0.05) is 19.1 Å². The molecule has 136 valence electrons. The van der Waals surface area contributed by atoms with Gasteiger partial charge < -0.3 is 4.98 Å². The van der Waals surface area contributed by atoms with E-state index < -0.39 is 10.2 Å². The van der Waals surface area contributed by atoms with Gasteiger partial charge in [0.15, 0.2) is 0 Å². The molecule has 1 atom stereocenters. The number of para-hydroxylation sites is 2. The first kappa shape index (κ1) is 16.8. The summed E-state index contributed by atoms with van der Waals surface area (Å²) in [5.74, 6) is 0.428. The summed E-state index contributed by atoms with van der Waals surface area (Å²) in [6, 6.07) is 7.67. The molecule has 2 aromatic rings. The molecule has 2 aliphatic heterocycles. The van der Waals surface area contributed by atoms with Crippen molar-refractivity contribution in [2.45, 2.75) is 32.2 Å². The van der Waals surface area contributed by atoms with Crippen LogP contribution in [0, 0.1) is 5.92 Å². The first-order valence-electron chi connectivity index (χ1n) is 8.91. The van der Waals surface area contributed by atoms with E-state index in [0.717, 1.165) is 17.5 Å². The summed E-state index contributed by atoms with van der Waals surface area (Å²) < 4.78 is 30.5. The van der Waals surface area contributed by atoms with Gasteiger partial charge in [-0.3, -0.25) is 4.57 Å². The molecule has 2 fully saturated rings. The van der Waals surface area contributed by atoms with Crippen LogP contribution in [0.2, 0.25) is 0 Å². The average molecular weight is 364 g/mol. The zero-order valence-electron chi connectivity index (χ0n) is 14.4. The first-order chi connectivity index (χ1) is 12.0. The van der Waals surface area contributed by atoms with Gasteiger partial charge in [-0.05, 0) is 37.3 Å². The SMILES string of the molecule is CC1CCN(S(=O)(=O)N2CCC(n3c(=O)[nH]c4ccccc43)CC2)C1. The molecule has 0 amide bonds. The highest BCUT2D eigenvalue weighted by Crippen LogP contribution is 2.28. The Balaban J connectivity index is 1.52. The number of benzene rings is 1. The smallest absolute Gasteiger partial charge is 0.306 e. The van der Waals surface area contributed by atoms with Crippen LogP contribution in [0.3, 0.4) is 0 Å². The number of aromatic nitrogens is 2. The highest BCUT2D eigenvalue weighted by Gasteiger charge is 2.36. The molecule has 0 spiro atoms. The van der Waals surface area contributed by atoms with Gasteiger partial charge in [0.1, 0.15) is 0 Å². The van der Waals surface area contributed by atoms with E-state index in [2.05, 4.69) is 11.9 Å². The van der Waals surface area contributed by atoms with Gasteiger partial charge in [0, 0.05) is 32.2 Å². The fourth-order valence-corrected chi connectivity index (χ4v) is 5.81. The van der Waals surface area contributed by atoms with E-state index in [4.69, 9.17) is 0 Å². The number of fused-ring (bicyclic) bond motifs is 1. The molecule has 2 aliphatic rings. The molecule has 0 bridgehead atoms. The van der Waals surface area contributed by atoms with E-state index in [1.54, 1.807) is 13.2 Å². The molecule has 0 aliphatic carbocycles. The monoisotopic (exact) mass is 364 g/mol. The predicted molar refractivity (Wildman–Crippen MR) is 96.7 cm³/mol. The maximum Gasteiger partial charge on any atom is 0.326 e. The summed E-state index contributed by atoms with van der Waals surface area (Å²) in [5.41, 5.74) is 1.60. The third-order valence-corrected chi connectivity index (χ3v) is 7.45. The van der Waals surface area contributed by atoms with Gasteiger partial charge in [0.25, 0.3) is 10.2 Å². The van der Waals surface area contributed by atoms with Crippen LogP contribution in [-0.2, 0) is 10.2 Å². The summed E-state index contributed by atoms with van der Waals surface area (Å²) in [6.45, 7) is 4.24. The normalized spacial score (nSPS) is 24.3. The van der Waals surface area contributed by atoms with E-state index >= 15 is 0 Å². The number of nitrogens with one attached hydrogen (secondary N) is 1. The van der Waals surface area contributed by atoms with Crippen LogP contribution in [0.1, 0.15) is 32.2 Å². The number of nitrogens with zero attached hydrogens (tertiary/aromatic N) is 3. The van der Waals surface area contributed by atoms with Gasteiger partial charge in [0.05, 0.1) is 11.0 Å². The average Bonchev–Trinajstić information content (AvgIpc) is 3.18. The van der Waals surface area contributed by atoms with E-state index in [0.29, 0.717) is 44.9 Å². The maximum absolute atomic E-state index is 12.8. The first-order valence-corrected chi connectivity index (χ1v) is 10.3. The molecule has 3 heterocycles. The van der Waals surface area contributed by atoms with E-state index in [9.17, 15) is 13.2 Å². The predicted octanol–water partition coefficient (Wildman–Crippen LogP) is 1.55. The van der Waals surface area contributed by atoms with Crippen molar-refractivity contribution in [3.05, 3.63) is 34.7 Å². The number of aromatic amines is 1. The van der Waals surface area contributed by atoms with Crippen LogP contribution in [0.25, 0.3) is 11.0 Å². The molecular formula is C17H24N4O3S. The lowest BCUT2D eigenvalue weighted by molar-refractivity contribution is 0.259. The third-order valence-electron chi connectivity index (χ3n) is 5.45. The van der Waals surface area contributed by atoms with Crippen LogP contribution in [-0.4, -0.2) is 52.8 Å². The fraction of sp³-hybridized carbons (Fsp3) is 0.588. The Bertz CT molecular complexity index is 925. The zero-order chi connectivity index (χ0) is 17.6. The standard InChI is InChI=1S/C17H24N4O3S/c1-13-6-9-20(12-13)25(23,24)19-10-7-14(8-11-19)21-16-5-3-2-4-15(16)18-17(21)22/h2-5,13-14H,6-12H2,1H3,(H,18,22). The highest BCUT2D eigenvalue weighted by molar-refractivity contribution is 7.86. The topological polar surface area (TPSA) is 78.4 Å². The Morgan fingerprint density at radius 3 is 2.40 bits per heavy atom. The van der Waals surface area contributed by atoms with Gasteiger partial charge in [0.2, 0.25) is 0 Å². The van der Waals surface area contributed by atoms with Crippen molar-refractivity contribution >= 4 is 21.2 Å². The molecule has 1 aromatic heterocycles. The van der Waals surface area contributed by atoms with Crippen molar-refractivity contribution in [1.29, 1.82) is 0 Å². The van der Waals surface area contributed by atoms with Crippen LogP contribution >= 0.6 is 0 Å². The van der Waals surface area contributed by atoms with Gasteiger partial charge in [-0.25, -0.2) is 4.79 Å². The van der Waals surface area contributed by atoms with Gasteiger partial charge in [-0.15, -0.1) is 0 Å². The van der Waals surface area contributed by atoms with Crippen LogP contribution in [0.15, 0.2) is 29.1 Å². The Hall–Kier alpha value is -1.64. The van der Waals surface area contributed by atoms with Crippen molar-refractivity contribution in [2.24, 2.45) is 5.92 Å². The third kappa shape index (κ3) is 2.92. The lowest BCUT2D eigenvalue weighted by atomic mass is 10.1. The molecule has 8 heteroatoms. The minimum atomic E-state index is -3.37. The number of imidazole rings is 1. The van der Waals surface area contributed by atoms with Crippen molar-refractivity contribution < 1.29 is 8.42 Å². The van der Waals surface area contributed by atoms with Crippen molar-refractivity contribution in [2.75, 3.05) is 26.2 Å². The number of H-pyrrole nitrogens is 1. The number of piperidine rings is 1. The molecule has 4 rings (SSSR count). The van der Waals surface area contributed by atoms with Crippen LogP contribution < -0.4 is 5.69 Å². The second-order valence-corrected chi connectivity index (χ2v) is 9.14. The number of rotatable bonds is 3. The summed E-state index contributed by atoms with van der Waals surface area (Å²) >= 11 is 0. The molecule has 1 N–H and O–H groups in total. The fourth-order valence-electron chi connectivity index (χ4n) is 4.04. The van der Waals surface area contributed by atoms with E-state index in [1.807, 2.05) is 24.3 Å². The second kappa shape index (κ2) is 6.26.